The highest BCUT2D eigenvalue weighted by molar-refractivity contribution is 6.33. The zero-order valence-electron chi connectivity index (χ0n) is 16.6. The lowest BCUT2D eigenvalue weighted by Gasteiger charge is -2.31. The molecule has 0 saturated carbocycles. The predicted octanol–water partition coefficient (Wildman–Crippen LogP) is 2.20. The largest absolute Gasteiger partial charge is 0.493 e. The molecule has 2 rings (SSSR count). The molecule has 1 saturated heterocycles. The van der Waals surface area contributed by atoms with Crippen LogP contribution in [-0.2, 0) is 14.4 Å². The Morgan fingerprint density at radius 1 is 1.24 bits per heavy atom. The molecule has 1 atom stereocenters. The number of ether oxygens (including phenoxy) is 2. The molecular formula is C20H25ClN2O6. The summed E-state index contributed by atoms with van der Waals surface area (Å²) in [5, 5.41) is 11.7. The van der Waals surface area contributed by atoms with Crippen molar-refractivity contribution in [3.05, 3.63) is 28.8 Å². The van der Waals surface area contributed by atoms with Gasteiger partial charge >= 0.3 is 5.97 Å². The van der Waals surface area contributed by atoms with Crippen molar-refractivity contribution in [3.8, 4) is 11.5 Å². The fourth-order valence-electron chi connectivity index (χ4n) is 3.05. The fourth-order valence-corrected chi connectivity index (χ4v) is 3.35. The normalized spacial score (nSPS) is 15.8. The lowest BCUT2D eigenvalue weighted by Crippen LogP contribution is -2.46. The van der Waals surface area contributed by atoms with E-state index in [2.05, 4.69) is 5.32 Å². The minimum atomic E-state index is -1.08. The van der Waals surface area contributed by atoms with Crippen LogP contribution in [0, 0.1) is 5.92 Å². The lowest BCUT2D eigenvalue weighted by molar-refractivity contribution is -0.142. The van der Waals surface area contributed by atoms with Crippen LogP contribution in [0.15, 0.2) is 18.2 Å². The maximum atomic E-state index is 12.5. The van der Waals surface area contributed by atoms with Crippen molar-refractivity contribution in [2.24, 2.45) is 5.92 Å². The molecule has 1 heterocycles. The SMILES string of the molecule is COc1ccc(C=CC(=O)N2CCC(C(=O)NC(C)C(=O)O)CC2)c(Cl)c1OC. The number of nitrogens with one attached hydrogen (secondary N) is 1. The molecule has 1 aromatic rings. The van der Waals surface area contributed by atoms with E-state index in [9.17, 15) is 14.4 Å². The number of hydrogen-bond donors (Lipinski definition) is 2. The predicted molar refractivity (Wildman–Crippen MR) is 108 cm³/mol. The number of benzene rings is 1. The fraction of sp³-hybridized carbons (Fsp3) is 0.450. The Labute approximate surface area is 174 Å². The Morgan fingerprint density at radius 2 is 1.90 bits per heavy atom. The van der Waals surface area contributed by atoms with Crippen molar-refractivity contribution in [2.75, 3.05) is 27.3 Å². The molecule has 1 unspecified atom stereocenters. The van der Waals surface area contributed by atoms with Gasteiger partial charge in [-0.25, -0.2) is 0 Å². The summed E-state index contributed by atoms with van der Waals surface area (Å²) >= 11 is 6.31. The number of hydrogen-bond acceptors (Lipinski definition) is 5. The zero-order chi connectivity index (χ0) is 21.6. The van der Waals surface area contributed by atoms with Crippen molar-refractivity contribution in [1.82, 2.24) is 10.2 Å². The number of piperidine rings is 1. The third-order valence-electron chi connectivity index (χ3n) is 4.83. The van der Waals surface area contributed by atoms with Gasteiger partial charge in [0.2, 0.25) is 11.8 Å². The molecule has 1 fully saturated rings. The van der Waals surface area contributed by atoms with E-state index in [-0.39, 0.29) is 17.7 Å². The molecule has 2 amide bonds. The Kier molecular flexibility index (Phi) is 7.90. The molecule has 1 aliphatic rings. The summed E-state index contributed by atoms with van der Waals surface area (Å²) in [7, 11) is 3.00. The number of halogens is 1. The Bertz CT molecular complexity index is 802. The van der Waals surface area contributed by atoms with Crippen molar-refractivity contribution in [1.29, 1.82) is 0 Å². The summed E-state index contributed by atoms with van der Waals surface area (Å²) in [6.45, 7) is 2.26. The van der Waals surface area contributed by atoms with Gasteiger partial charge in [-0.1, -0.05) is 11.6 Å². The van der Waals surface area contributed by atoms with Gasteiger partial charge in [0, 0.05) is 25.1 Å². The summed E-state index contributed by atoms with van der Waals surface area (Å²) in [5.74, 6) is -0.965. The Balaban J connectivity index is 1.95. The molecule has 29 heavy (non-hydrogen) atoms. The van der Waals surface area contributed by atoms with Gasteiger partial charge in [-0.15, -0.1) is 0 Å². The van der Waals surface area contributed by atoms with Gasteiger partial charge in [0.1, 0.15) is 6.04 Å². The van der Waals surface area contributed by atoms with E-state index >= 15 is 0 Å². The molecule has 0 aliphatic carbocycles. The van der Waals surface area contributed by atoms with Gasteiger partial charge in [0.25, 0.3) is 0 Å². The molecule has 158 valence electrons. The van der Waals surface area contributed by atoms with E-state index in [4.69, 9.17) is 26.2 Å². The van der Waals surface area contributed by atoms with Gasteiger partial charge in [-0.05, 0) is 43.5 Å². The van der Waals surface area contributed by atoms with Gasteiger partial charge < -0.3 is 24.8 Å². The second kappa shape index (κ2) is 10.2. The molecule has 0 spiro atoms. The highest BCUT2D eigenvalue weighted by Gasteiger charge is 2.28. The molecule has 1 aliphatic heterocycles. The quantitative estimate of drug-likeness (QED) is 0.650. The average molecular weight is 425 g/mol. The number of likely N-dealkylation sites (tertiary alicyclic amines) is 1. The third-order valence-corrected chi connectivity index (χ3v) is 5.22. The summed E-state index contributed by atoms with van der Waals surface area (Å²) in [4.78, 5) is 37.1. The molecule has 8 nitrogen and oxygen atoms in total. The highest BCUT2D eigenvalue weighted by Crippen LogP contribution is 2.37. The van der Waals surface area contributed by atoms with Crippen LogP contribution in [0.4, 0.5) is 0 Å². The van der Waals surface area contributed by atoms with Crippen molar-refractivity contribution >= 4 is 35.5 Å². The number of carboxylic acids is 1. The van der Waals surface area contributed by atoms with Crippen LogP contribution in [-0.4, -0.2) is 61.1 Å². The number of carboxylic acid groups (broad SMARTS) is 1. The first-order valence-corrected chi connectivity index (χ1v) is 9.56. The minimum absolute atomic E-state index is 0.186. The summed E-state index contributed by atoms with van der Waals surface area (Å²) < 4.78 is 10.4. The number of aliphatic carboxylic acids is 1. The average Bonchev–Trinajstić information content (AvgIpc) is 2.72. The first-order chi connectivity index (χ1) is 13.8. The van der Waals surface area contributed by atoms with Crippen LogP contribution in [0.2, 0.25) is 5.02 Å². The van der Waals surface area contributed by atoms with Crippen LogP contribution in [0.3, 0.4) is 0 Å². The molecule has 0 aromatic heterocycles. The monoisotopic (exact) mass is 424 g/mol. The summed E-state index contributed by atoms with van der Waals surface area (Å²) in [5.41, 5.74) is 0.620. The maximum absolute atomic E-state index is 12.5. The Morgan fingerprint density at radius 3 is 2.45 bits per heavy atom. The number of amides is 2. The highest BCUT2D eigenvalue weighted by atomic mass is 35.5. The number of rotatable bonds is 7. The van der Waals surface area contributed by atoms with E-state index in [0.717, 1.165) is 0 Å². The van der Waals surface area contributed by atoms with E-state index in [1.165, 1.54) is 27.2 Å². The smallest absolute Gasteiger partial charge is 0.325 e. The molecule has 2 N–H and O–H groups in total. The van der Waals surface area contributed by atoms with Crippen molar-refractivity contribution < 1.29 is 29.0 Å². The van der Waals surface area contributed by atoms with E-state index < -0.39 is 12.0 Å². The second-order valence-electron chi connectivity index (χ2n) is 6.71. The van der Waals surface area contributed by atoms with E-state index in [0.29, 0.717) is 48.0 Å². The molecule has 1 aromatic carbocycles. The first kappa shape index (κ1) is 22.5. The van der Waals surface area contributed by atoms with Gasteiger partial charge in [-0.2, -0.15) is 0 Å². The minimum Gasteiger partial charge on any atom is -0.493 e. The molecule has 9 heteroatoms. The van der Waals surface area contributed by atoms with Crippen LogP contribution in [0.5, 0.6) is 11.5 Å². The number of carbonyl (C=O) groups is 3. The lowest BCUT2D eigenvalue weighted by atomic mass is 9.95. The Hall–Kier alpha value is -2.74. The standard InChI is InChI=1S/C20H25ClN2O6/c1-12(20(26)27)22-19(25)14-8-10-23(11-9-14)16(24)7-5-13-4-6-15(28-2)18(29-3)17(13)21/h4-7,12,14H,8-11H2,1-3H3,(H,22,25)(H,26,27). The summed E-state index contributed by atoms with van der Waals surface area (Å²) in [6, 6.07) is 2.50. The summed E-state index contributed by atoms with van der Waals surface area (Å²) in [6.07, 6.45) is 4.00. The van der Waals surface area contributed by atoms with Crippen LogP contribution in [0.1, 0.15) is 25.3 Å². The van der Waals surface area contributed by atoms with Gasteiger partial charge in [-0.3, -0.25) is 14.4 Å². The first-order valence-electron chi connectivity index (χ1n) is 9.19. The second-order valence-corrected chi connectivity index (χ2v) is 7.08. The number of carbonyl (C=O) groups excluding carboxylic acids is 2. The van der Waals surface area contributed by atoms with Crippen LogP contribution in [0.25, 0.3) is 6.08 Å². The third kappa shape index (κ3) is 5.63. The van der Waals surface area contributed by atoms with Crippen LogP contribution < -0.4 is 14.8 Å². The van der Waals surface area contributed by atoms with Crippen molar-refractivity contribution in [3.63, 3.8) is 0 Å². The maximum Gasteiger partial charge on any atom is 0.325 e. The molecule has 0 bridgehead atoms. The van der Waals surface area contributed by atoms with Gasteiger partial charge in [0.15, 0.2) is 11.5 Å². The number of nitrogens with zero attached hydrogens (tertiary/aromatic N) is 1. The van der Waals surface area contributed by atoms with E-state index in [1.54, 1.807) is 23.1 Å². The topological polar surface area (TPSA) is 105 Å². The molecule has 0 radical (unpaired) electrons. The molecular weight excluding hydrogens is 400 g/mol. The van der Waals surface area contributed by atoms with Crippen molar-refractivity contribution in [2.45, 2.75) is 25.8 Å². The number of methoxy groups -OCH3 is 2. The zero-order valence-corrected chi connectivity index (χ0v) is 17.4. The van der Waals surface area contributed by atoms with Crippen LogP contribution >= 0.6 is 11.6 Å². The van der Waals surface area contributed by atoms with E-state index in [1.807, 2.05) is 0 Å². The van der Waals surface area contributed by atoms with Gasteiger partial charge in [0.05, 0.1) is 19.2 Å².